The van der Waals surface area contributed by atoms with Gasteiger partial charge in [0.25, 0.3) is 0 Å². The SMILES string of the molecule is O[C@@H]1COC2CC1Nc1ccc(F)cc12. The summed E-state index contributed by atoms with van der Waals surface area (Å²) in [5.41, 5.74) is 1.73. The van der Waals surface area contributed by atoms with Crippen LogP contribution < -0.4 is 5.32 Å². The van der Waals surface area contributed by atoms with Gasteiger partial charge in [-0.05, 0) is 18.2 Å². The minimum atomic E-state index is -0.473. The van der Waals surface area contributed by atoms with E-state index in [-0.39, 0.29) is 18.0 Å². The molecule has 3 nitrogen and oxygen atoms in total. The third kappa shape index (κ3) is 1.41. The van der Waals surface area contributed by atoms with Crippen molar-refractivity contribution in [2.24, 2.45) is 0 Å². The molecule has 1 fully saturated rings. The number of aliphatic hydroxyl groups excluding tert-OH is 1. The smallest absolute Gasteiger partial charge is 0.123 e. The number of anilines is 1. The van der Waals surface area contributed by atoms with Gasteiger partial charge in [0.2, 0.25) is 0 Å². The van der Waals surface area contributed by atoms with Crippen LogP contribution in [0.5, 0.6) is 0 Å². The Labute approximate surface area is 86.9 Å². The molecule has 3 atom stereocenters. The van der Waals surface area contributed by atoms with Crippen LogP contribution in [0.15, 0.2) is 18.2 Å². The number of rotatable bonds is 0. The van der Waals surface area contributed by atoms with Crippen molar-refractivity contribution >= 4 is 5.69 Å². The van der Waals surface area contributed by atoms with Crippen LogP contribution in [-0.4, -0.2) is 23.9 Å². The highest BCUT2D eigenvalue weighted by atomic mass is 19.1. The molecule has 2 aliphatic rings. The molecule has 1 aromatic carbocycles. The molecule has 3 rings (SSSR count). The predicted octanol–water partition coefficient (Wildman–Crippen LogP) is 1.44. The van der Waals surface area contributed by atoms with E-state index in [1.165, 1.54) is 12.1 Å². The molecule has 2 N–H and O–H groups in total. The van der Waals surface area contributed by atoms with Crippen molar-refractivity contribution in [2.45, 2.75) is 24.7 Å². The third-order valence-electron chi connectivity index (χ3n) is 3.10. The Hall–Kier alpha value is -1.13. The van der Waals surface area contributed by atoms with Crippen LogP contribution >= 0.6 is 0 Å². The molecule has 2 unspecified atom stereocenters. The first-order chi connectivity index (χ1) is 7.24. The average molecular weight is 209 g/mol. The van der Waals surface area contributed by atoms with Gasteiger partial charge in [-0.2, -0.15) is 0 Å². The van der Waals surface area contributed by atoms with Crippen molar-refractivity contribution in [3.63, 3.8) is 0 Å². The predicted molar refractivity (Wildman–Crippen MR) is 53.1 cm³/mol. The van der Waals surface area contributed by atoms with Gasteiger partial charge >= 0.3 is 0 Å². The van der Waals surface area contributed by atoms with Crippen LogP contribution in [0.25, 0.3) is 0 Å². The normalized spacial score (nSPS) is 33.1. The largest absolute Gasteiger partial charge is 0.389 e. The van der Waals surface area contributed by atoms with Crippen LogP contribution in [-0.2, 0) is 4.74 Å². The van der Waals surface area contributed by atoms with E-state index in [0.29, 0.717) is 13.0 Å². The third-order valence-corrected chi connectivity index (χ3v) is 3.10. The zero-order chi connectivity index (χ0) is 10.4. The number of nitrogens with one attached hydrogen (secondary N) is 1. The summed E-state index contributed by atoms with van der Waals surface area (Å²) in [6, 6.07) is 4.65. The quantitative estimate of drug-likeness (QED) is 0.679. The second-order valence-corrected chi connectivity index (χ2v) is 4.11. The minimum absolute atomic E-state index is 0.0294. The summed E-state index contributed by atoms with van der Waals surface area (Å²) in [4.78, 5) is 0. The first-order valence-corrected chi connectivity index (χ1v) is 5.10. The van der Waals surface area contributed by atoms with Crippen molar-refractivity contribution in [2.75, 3.05) is 11.9 Å². The van der Waals surface area contributed by atoms with E-state index in [1.54, 1.807) is 6.07 Å². The van der Waals surface area contributed by atoms with Crippen LogP contribution in [0, 0.1) is 5.82 Å². The number of hydrogen-bond donors (Lipinski definition) is 2. The van der Waals surface area contributed by atoms with Gasteiger partial charge in [0.05, 0.1) is 24.9 Å². The van der Waals surface area contributed by atoms with E-state index in [2.05, 4.69) is 5.32 Å². The van der Waals surface area contributed by atoms with E-state index < -0.39 is 6.10 Å². The molecule has 0 spiro atoms. The lowest BCUT2D eigenvalue weighted by molar-refractivity contribution is -0.0673. The van der Waals surface area contributed by atoms with Gasteiger partial charge in [0.1, 0.15) is 5.82 Å². The Bertz CT molecular complexity index is 396. The van der Waals surface area contributed by atoms with Crippen LogP contribution in [0.4, 0.5) is 10.1 Å². The monoisotopic (exact) mass is 209 g/mol. The standard InChI is InChI=1S/C11H12FNO2/c12-6-1-2-8-7(3-6)11-4-9(13-8)10(14)5-15-11/h1-3,9-11,13-14H,4-5H2/t9?,10-,11?/m1/s1. The number of aliphatic hydroxyl groups is 1. The maximum Gasteiger partial charge on any atom is 0.123 e. The van der Waals surface area contributed by atoms with E-state index in [1.807, 2.05) is 0 Å². The highest BCUT2D eigenvalue weighted by Gasteiger charge is 2.36. The molecule has 1 saturated heterocycles. The summed E-state index contributed by atoms with van der Waals surface area (Å²) < 4.78 is 18.5. The molecule has 0 radical (unpaired) electrons. The maximum atomic E-state index is 13.1. The molecular formula is C11H12FNO2. The molecule has 80 valence electrons. The van der Waals surface area contributed by atoms with Crippen molar-refractivity contribution in [3.8, 4) is 0 Å². The number of halogens is 1. The van der Waals surface area contributed by atoms with Crippen molar-refractivity contribution < 1.29 is 14.2 Å². The van der Waals surface area contributed by atoms with Crippen molar-refractivity contribution in [1.29, 1.82) is 0 Å². The Kier molecular flexibility index (Phi) is 1.94. The number of fused-ring (bicyclic) bond motifs is 4. The number of ether oxygens (including phenoxy) is 1. The first-order valence-electron chi connectivity index (χ1n) is 5.10. The lowest BCUT2D eigenvalue weighted by Crippen LogP contribution is -2.45. The first kappa shape index (κ1) is 9.12. The molecule has 0 aromatic heterocycles. The zero-order valence-electron chi connectivity index (χ0n) is 8.11. The van der Waals surface area contributed by atoms with Gasteiger partial charge in [-0.3, -0.25) is 0 Å². The van der Waals surface area contributed by atoms with Crippen LogP contribution in [0.1, 0.15) is 18.1 Å². The van der Waals surface area contributed by atoms with Crippen molar-refractivity contribution in [1.82, 2.24) is 0 Å². The summed E-state index contributed by atoms with van der Waals surface area (Å²) in [6.45, 7) is 0.318. The second-order valence-electron chi connectivity index (χ2n) is 4.11. The van der Waals surface area contributed by atoms with Gasteiger partial charge in [-0.15, -0.1) is 0 Å². The van der Waals surface area contributed by atoms with E-state index in [9.17, 15) is 9.50 Å². The highest BCUT2D eigenvalue weighted by molar-refractivity contribution is 5.55. The molecule has 2 heterocycles. The van der Waals surface area contributed by atoms with Crippen molar-refractivity contribution in [3.05, 3.63) is 29.6 Å². The molecule has 2 bridgehead atoms. The lowest BCUT2D eigenvalue weighted by atomic mass is 9.90. The number of benzene rings is 1. The molecule has 2 aliphatic heterocycles. The maximum absolute atomic E-state index is 13.1. The molecule has 0 aliphatic carbocycles. The topological polar surface area (TPSA) is 41.5 Å². The summed E-state index contributed by atoms with van der Waals surface area (Å²) in [7, 11) is 0. The summed E-state index contributed by atoms with van der Waals surface area (Å²) in [5.74, 6) is -0.247. The second kappa shape index (κ2) is 3.18. The van der Waals surface area contributed by atoms with Crippen LogP contribution in [0.2, 0.25) is 0 Å². The highest BCUT2D eigenvalue weighted by Crippen LogP contribution is 2.39. The summed E-state index contributed by atoms with van der Waals surface area (Å²) >= 11 is 0. The van der Waals surface area contributed by atoms with E-state index in [0.717, 1.165) is 11.3 Å². The van der Waals surface area contributed by atoms with Gasteiger partial charge in [0, 0.05) is 17.7 Å². The summed E-state index contributed by atoms with van der Waals surface area (Å²) in [6.07, 6.45) is 0.155. The Morgan fingerprint density at radius 2 is 2.33 bits per heavy atom. The Morgan fingerprint density at radius 3 is 3.20 bits per heavy atom. The fourth-order valence-corrected chi connectivity index (χ4v) is 2.29. The zero-order valence-corrected chi connectivity index (χ0v) is 8.11. The molecule has 4 heteroatoms. The molecular weight excluding hydrogens is 197 g/mol. The molecule has 15 heavy (non-hydrogen) atoms. The number of hydrogen-bond acceptors (Lipinski definition) is 3. The fourth-order valence-electron chi connectivity index (χ4n) is 2.29. The average Bonchev–Trinajstić information content (AvgIpc) is 2.24. The Balaban J connectivity index is 2.03. The molecule has 0 amide bonds. The molecule has 0 saturated carbocycles. The van der Waals surface area contributed by atoms with Gasteiger partial charge in [-0.25, -0.2) is 4.39 Å². The van der Waals surface area contributed by atoms with Gasteiger partial charge in [-0.1, -0.05) is 0 Å². The lowest BCUT2D eigenvalue weighted by Gasteiger charge is -2.40. The molecule has 1 aromatic rings. The van der Waals surface area contributed by atoms with E-state index in [4.69, 9.17) is 4.74 Å². The summed E-state index contributed by atoms with van der Waals surface area (Å²) in [5, 5.41) is 12.8. The van der Waals surface area contributed by atoms with Crippen LogP contribution in [0.3, 0.4) is 0 Å². The fraction of sp³-hybridized carbons (Fsp3) is 0.455. The van der Waals surface area contributed by atoms with Gasteiger partial charge in [0.15, 0.2) is 0 Å². The van der Waals surface area contributed by atoms with Gasteiger partial charge < -0.3 is 15.2 Å². The minimum Gasteiger partial charge on any atom is -0.389 e. The Morgan fingerprint density at radius 1 is 1.47 bits per heavy atom. The van der Waals surface area contributed by atoms with E-state index >= 15 is 0 Å².